The van der Waals surface area contributed by atoms with Crippen LogP contribution in [0.15, 0.2) is 42.5 Å². The highest BCUT2D eigenvalue weighted by molar-refractivity contribution is 7.18. The number of hydrogen-bond donors (Lipinski definition) is 1. The highest BCUT2D eigenvalue weighted by Gasteiger charge is 2.30. The molecule has 25 heavy (non-hydrogen) atoms. The van der Waals surface area contributed by atoms with Crippen LogP contribution in [-0.4, -0.2) is 24.7 Å². The molecule has 0 bridgehead atoms. The zero-order chi connectivity index (χ0) is 16.6. The Hall–Kier alpha value is -2.11. The number of thiazole rings is 1. The Labute approximate surface area is 150 Å². The molecule has 1 aromatic heterocycles. The van der Waals surface area contributed by atoms with Gasteiger partial charge < -0.3 is 14.8 Å². The summed E-state index contributed by atoms with van der Waals surface area (Å²) in [6.07, 6.45) is 2.16. The van der Waals surface area contributed by atoms with Gasteiger partial charge in [-0.05, 0) is 50.0 Å². The van der Waals surface area contributed by atoms with E-state index in [1.165, 1.54) is 10.3 Å². The van der Waals surface area contributed by atoms with E-state index in [1.807, 2.05) is 24.3 Å². The summed E-state index contributed by atoms with van der Waals surface area (Å²) < 4.78 is 13.7. The normalized spacial score (nSPS) is 20.7. The average Bonchev–Trinajstić information content (AvgIpc) is 3.12. The Morgan fingerprint density at radius 3 is 2.80 bits per heavy atom. The first kappa shape index (κ1) is 15.2. The minimum absolute atomic E-state index is 0.132. The van der Waals surface area contributed by atoms with E-state index in [-0.39, 0.29) is 6.10 Å². The number of para-hydroxylation sites is 2. The minimum atomic E-state index is -0.132. The van der Waals surface area contributed by atoms with Crippen LogP contribution in [0.4, 0.5) is 0 Å². The summed E-state index contributed by atoms with van der Waals surface area (Å²) in [7, 11) is 0. The second-order valence-electron chi connectivity index (χ2n) is 6.64. The molecule has 4 nitrogen and oxygen atoms in total. The molecule has 0 radical (unpaired) electrons. The average molecular weight is 352 g/mol. The number of fused-ring (bicyclic) bond motifs is 2. The quantitative estimate of drug-likeness (QED) is 0.748. The van der Waals surface area contributed by atoms with Gasteiger partial charge in [-0.15, -0.1) is 11.3 Å². The minimum Gasteiger partial charge on any atom is -0.485 e. The van der Waals surface area contributed by atoms with Crippen molar-refractivity contribution in [3.63, 3.8) is 0 Å². The van der Waals surface area contributed by atoms with Gasteiger partial charge in [0.2, 0.25) is 0 Å². The molecule has 2 aliphatic rings. The number of hydrogen-bond acceptors (Lipinski definition) is 5. The first-order chi connectivity index (χ1) is 12.4. The lowest BCUT2D eigenvalue weighted by atomic mass is 9.89. The molecule has 1 fully saturated rings. The van der Waals surface area contributed by atoms with Crippen LogP contribution in [0, 0.1) is 0 Å². The van der Waals surface area contributed by atoms with Crippen molar-refractivity contribution in [2.45, 2.75) is 24.9 Å². The molecule has 5 rings (SSSR count). The molecule has 2 aromatic carbocycles. The third kappa shape index (κ3) is 2.77. The molecule has 1 N–H and O–H groups in total. The van der Waals surface area contributed by atoms with Gasteiger partial charge in [0.1, 0.15) is 11.6 Å². The predicted molar refractivity (Wildman–Crippen MR) is 99.8 cm³/mol. The number of ether oxygens (including phenoxy) is 2. The maximum atomic E-state index is 6.43. The molecule has 3 heterocycles. The number of piperidine rings is 1. The Balaban J connectivity index is 1.48. The monoisotopic (exact) mass is 352 g/mol. The molecule has 5 heteroatoms. The van der Waals surface area contributed by atoms with Crippen molar-refractivity contribution in [3.8, 4) is 11.5 Å². The van der Waals surface area contributed by atoms with Gasteiger partial charge in [0, 0.05) is 5.56 Å². The highest BCUT2D eigenvalue weighted by Crippen LogP contribution is 2.44. The highest BCUT2D eigenvalue weighted by atomic mass is 32.1. The fourth-order valence-corrected chi connectivity index (χ4v) is 4.70. The smallest absolute Gasteiger partial charge is 0.184 e. The van der Waals surface area contributed by atoms with Gasteiger partial charge in [0.05, 0.1) is 10.2 Å². The lowest BCUT2D eigenvalue weighted by Crippen LogP contribution is -2.28. The number of aromatic nitrogens is 1. The van der Waals surface area contributed by atoms with Crippen molar-refractivity contribution in [2.75, 3.05) is 19.7 Å². The molecule has 1 atom stereocenters. The van der Waals surface area contributed by atoms with Gasteiger partial charge >= 0.3 is 0 Å². The Morgan fingerprint density at radius 1 is 1.04 bits per heavy atom. The van der Waals surface area contributed by atoms with Crippen LogP contribution in [-0.2, 0) is 0 Å². The fraction of sp³-hybridized carbons (Fsp3) is 0.350. The lowest BCUT2D eigenvalue weighted by Gasteiger charge is -2.30. The zero-order valence-corrected chi connectivity index (χ0v) is 14.7. The van der Waals surface area contributed by atoms with E-state index in [1.54, 1.807) is 11.3 Å². The second-order valence-corrected chi connectivity index (χ2v) is 7.70. The summed E-state index contributed by atoms with van der Waals surface area (Å²) in [5, 5.41) is 4.43. The Bertz CT molecular complexity index is 869. The number of benzene rings is 2. The SMILES string of the molecule is c1cc2c(c(C3CCNCC3)c1)OC(c1nc3ccccc3s1)CO2. The molecule has 0 saturated carbocycles. The first-order valence-electron chi connectivity index (χ1n) is 8.87. The van der Waals surface area contributed by atoms with Crippen LogP contribution in [0.3, 0.4) is 0 Å². The maximum Gasteiger partial charge on any atom is 0.184 e. The third-order valence-electron chi connectivity index (χ3n) is 5.02. The number of rotatable bonds is 2. The first-order valence-corrected chi connectivity index (χ1v) is 9.69. The van der Waals surface area contributed by atoms with Gasteiger partial charge in [-0.3, -0.25) is 0 Å². The predicted octanol–water partition coefficient (Wildman–Crippen LogP) is 4.28. The Morgan fingerprint density at radius 2 is 1.92 bits per heavy atom. The van der Waals surface area contributed by atoms with Crippen molar-refractivity contribution >= 4 is 21.6 Å². The van der Waals surface area contributed by atoms with Crippen molar-refractivity contribution in [3.05, 3.63) is 53.0 Å². The van der Waals surface area contributed by atoms with Crippen LogP contribution in [0.2, 0.25) is 0 Å². The van der Waals surface area contributed by atoms with E-state index in [9.17, 15) is 0 Å². The molecule has 1 saturated heterocycles. The van der Waals surface area contributed by atoms with Gasteiger partial charge in [0.15, 0.2) is 17.6 Å². The maximum absolute atomic E-state index is 6.43. The number of nitrogens with one attached hydrogen (secondary N) is 1. The third-order valence-corrected chi connectivity index (χ3v) is 6.15. The molecule has 128 valence electrons. The van der Waals surface area contributed by atoms with E-state index in [0.717, 1.165) is 48.0 Å². The van der Waals surface area contributed by atoms with Crippen molar-refractivity contribution in [1.29, 1.82) is 0 Å². The summed E-state index contributed by atoms with van der Waals surface area (Å²) in [5.74, 6) is 2.33. The molecule has 2 aliphatic heterocycles. The standard InChI is InChI=1S/C20H20N2O2S/c1-2-7-18-15(5-1)22-20(25-18)17-12-23-16-6-3-4-14(19(16)24-17)13-8-10-21-11-9-13/h1-7,13,17,21H,8-12H2. The van der Waals surface area contributed by atoms with Crippen LogP contribution >= 0.6 is 11.3 Å². The van der Waals surface area contributed by atoms with Crippen LogP contribution in [0.25, 0.3) is 10.2 Å². The van der Waals surface area contributed by atoms with E-state index in [0.29, 0.717) is 12.5 Å². The lowest BCUT2D eigenvalue weighted by molar-refractivity contribution is 0.0890. The van der Waals surface area contributed by atoms with Gasteiger partial charge in [-0.1, -0.05) is 24.3 Å². The largest absolute Gasteiger partial charge is 0.485 e. The molecule has 0 amide bonds. The molecule has 0 spiro atoms. The summed E-state index contributed by atoms with van der Waals surface area (Å²) in [6, 6.07) is 14.5. The van der Waals surface area contributed by atoms with Crippen molar-refractivity contribution < 1.29 is 9.47 Å². The van der Waals surface area contributed by atoms with E-state index >= 15 is 0 Å². The van der Waals surface area contributed by atoms with Crippen LogP contribution < -0.4 is 14.8 Å². The van der Waals surface area contributed by atoms with Gasteiger partial charge in [0.25, 0.3) is 0 Å². The van der Waals surface area contributed by atoms with E-state index in [4.69, 9.17) is 14.5 Å². The summed E-state index contributed by atoms with van der Waals surface area (Å²) in [4.78, 5) is 4.76. The number of nitrogens with zero attached hydrogens (tertiary/aromatic N) is 1. The second kappa shape index (κ2) is 6.32. The molecule has 3 aromatic rings. The summed E-state index contributed by atoms with van der Waals surface area (Å²) >= 11 is 1.69. The van der Waals surface area contributed by atoms with Gasteiger partial charge in [-0.25, -0.2) is 4.98 Å². The molecular formula is C20H20N2O2S. The molecular weight excluding hydrogens is 332 g/mol. The van der Waals surface area contributed by atoms with E-state index < -0.39 is 0 Å². The fourth-order valence-electron chi connectivity index (χ4n) is 3.72. The summed E-state index contributed by atoms with van der Waals surface area (Å²) in [6.45, 7) is 2.65. The van der Waals surface area contributed by atoms with Crippen molar-refractivity contribution in [1.82, 2.24) is 10.3 Å². The topological polar surface area (TPSA) is 43.4 Å². The molecule has 1 unspecified atom stereocenters. The van der Waals surface area contributed by atoms with E-state index in [2.05, 4.69) is 23.5 Å². The molecule has 0 aliphatic carbocycles. The van der Waals surface area contributed by atoms with Crippen molar-refractivity contribution in [2.24, 2.45) is 0 Å². The zero-order valence-electron chi connectivity index (χ0n) is 13.9. The van der Waals surface area contributed by atoms with Crippen LogP contribution in [0.1, 0.15) is 35.4 Å². The summed E-state index contributed by atoms with van der Waals surface area (Å²) in [5.41, 5.74) is 2.31. The Kier molecular flexibility index (Phi) is 3.83. The van der Waals surface area contributed by atoms with Crippen LogP contribution in [0.5, 0.6) is 11.5 Å². The van der Waals surface area contributed by atoms with Gasteiger partial charge in [-0.2, -0.15) is 0 Å².